The molecule has 3 rings (SSSR count). The van der Waals surface area contributed by atoms with Gasteiger partial charge < -0.3 is 11.1 Å². The van der Waals surface area contributed by atoms with Gasteiger partial charge in [0.25, 0.3) is 5.91 Å². The van der Waals surface area contributed by atoms with Crippen LogP contribution >= 0.6 is 0 Å². The number of aromatic nitrogens is 1. The van der Waals surface area contributed by atoms with Crippen molar-refractivity contribution in [3.8, 4) is 0 Å². The SMILES string of the molecule is NC(=O)[C@H](Cc1ccc2ccccc2c1)NC(=O)c1cccnc1. The van der Waals surface area contributed by atoms with Gasteiger partial charge in [0.05, 0.1) is 5.56 Å². The van der Waals surface area contributed by atoms with Gasteiger partial charge in [0.15, 0.2) is 0 Å². The largest absolute Gasteiger partial charge is 0.368 e. The zero-order valence-electron chi connectivity index (χ0n) is 13.0. The maximum absolute atomic E-state index is 12.2. The van der Waals surface area contributed by atoms with E-state index in [-0.39, 0.29) is 5.91 Å². The van der Waals surface area contributed by atoms with Gasteiger partial charge in [-0.25, -0.2) is 0 Å². The van der Waals surface area contributed by atoms with Crippen molar-refractivity contribution in [1.29, 1.82) is 0 Å². The van der Waals surface area contributed by atoms with Gasteiger partial charge >= 0.3 is 0 Å². The molecule has 1 heterocycles. The molecule has 5 heteroatoms. The summed E-state index contributed by atoms with van der Waals surface area (Å²) in [5.41, 5.74) is 6.78. The van der Waals surface area contributed by atoms with Gasteiger partial charge in [0.1, 0.15) is 6.04 Å². The molecule has 1 atom stereocenters. The molecule has 5 nitrogen and oxygen atoms in total. The van der Waals surface area contributed by atoms with Crippen molar-refractivity contribution in [3.63, 3.8) is 0 Å². The van der Waals surface area contributed by atoms with Crippen molar-refractivity contribution in [3.05, 3.63) is 78.1 Å². The molecule has 3 N–H and O–H groups in total. The van der Waals surface area contributed by atoms with Crippen molar-refractivity contribution in [2.24, 2.45) is 5.73 Å². The van der Waals surface area contributed by atoms with E-state index in [4.69, 9.17) is 5.73 Å². The zero-order chi connectivity index (χ0) is 16.9. The van der Waals surface area contributed by atoms with Crippen LogP contribution in [0.25, 0.3) is 10.8 Å². The second kappa shape index (κ2) is 6.91. The minimum atomic E-state index is -0.779. The lowest BCUT2D eigenvalue weighted by Crippen LogP contribution is -2.45. The molecular weight excluding hydrogens is 302 g/mol. The summed E-state index contributed by atoms with van der Waals surface area (Å²) in [6.07, 6.45) is 3.37. The number of amides is 2. The summed E-state index contributed by atoms with van der Waals surface area (Å²) < 4.78 is 0. The summed E-state index contributed by atoms with van der Waals surface area (Å²) in [5.74, 6) is -0.937. The van der Waals surface area contributed by atoms with Gasteiger partial charge in [-0.15, -0.1) is 0 Å². The molecule has 0 unspecified atom stereocenters. The number of hydrogen-bond donors (Lipinski definition) is 2. The fourth-order valence-electron chi connectivity index (χ4n) is 2.56. The summed E-state index contributed by atoms with van der Waals surface area (Å²) in [6.45, 7) is 0. The maximum atomic E-state index is 12.2. The van der Waals surface area contributed by atoms with Crippen LogP contribution in [0.1, 0.15) is 15.9 Å². The minimum absolute atomic E-state index is 0.339. The zero-order valence-corrected chi connectivity index (χ0v) is 13.0. The molecule has 24 heavy (non-hydrogen) atoms. The fraction of sp³-hybridized carbons (Fsp3) is 0.105. The lowest BCUT2D eigenvalue weighted by atomic mass is 10.0. The predicted octanol–water partition coefficient (Wildman–Crippen LogP) is 2.06. The van der Waals surface area contributed by atoms with Gasteiger partial charge in [0.2, 0.25) is 5.91 Å². The Morgan fingerprint density at radius 3 is 2.54 bits per heavy atom. The predicted molar refractivity (Wildman–Crippen MR) is 92.3 cm³/mol. The van der Waals surface area contributed by atoms with Gasteiger partial charge in [-0.2, -0.15) is 0 Å². The highest BCUT2D eigenvalue weighted by molar-refractivity contribution is 5.97. The minimum Gasteiger partial charge on any atom is -0.368 e. The first-order chi connectivity index (χ1) is 11.6. The van der Waals surface area contributed by atoms with Crippen molar-refractivity contribution in [2.75, 3.05) is 0 Å². The lowest BCUT2D eigenvalue weighted by molar-refractivity contribution is -0.119. The van der Waals surface area contributed by atoms with Crippen molar-refractivity contribution >= 4 is 22.6 Å². The number of carbonyl (C=O) groups is 2. The molecule has 1 aromatic heterocycles. The van der Waals surface area contributed by atoms with Crippen molar-refractivity contribution in [1.82, 2.24) is 10.3 Å². The third kappa shape index (κ3) is 3.57. The van der Waals surface area contributed by atoms with Crippen LogP contribution in [-0.2, 0) is 11.2 Å². The molecule has 120 valence electrons. The Labute approximate surface area is 139 Å². The van der Waals surface area contributed by atoms with Crippen LogP contribution in [0.4, 0.5) is 0 Å². The number of nitrogens with two attached hydrogens (primary N) is 1. The van der Waals surface area contributed by atoms with Crippen LogP contribution in [-0.4, -0.2) is 22.8 Å². The molecule has 0 radical (unpaired) electrons. The summed E-state index contributed by atoms with van der Waals surface area (Å²) in [5, 5.41) is 4.88. The smallest absolute Gasteiger partial charge is 0.253 e. The number of nitrogens with zero attached hydrogens (tertiary/aromatic N) is 1. The monoisotopic (exact) mass is 319 g/mol. The van der Waals surface area contributed by atoms with Crippen LogP contribution in [0.5, 0.6) is 0 Å². The summed E-state index contributed by atoms with van der Waals surface area (Å²) in [4.78, 5) is 27.8. The number of fused-ring (bicyclic) bond motifs is 1. The van der Waals surface area contributed by atoms with Crippen LogP contribution in [0.15, 0.2) is 67.0 Å². The standard InChI is InChI=1S/C19H17N3O2/c20-18(23)17(22-19(24)16-6-3-9-21-12-16)11-13-7-8-14-4-1-2-5-15(14)10-13/h1-10,12,17H,11H2,(H2,20,23)(H,22,24)/t17-/m0/s1. The van der Waals surface area contributed by atoms with E-state index in [1.54, 1.807) is 18.3 Å². The Morgan fingerprint density at radius 2 is 1.83 bits per heavy atom. The Balaban J connectivity index is 1.78. The normalized spacial score (nSPS) is 11.8. The molecule has 3 aromatic rings. The Morgan fingerprint density at radius 1 is 1.04 bits per heavy atom. The average Bonchev–Trinajstić information content (AvgIpc) is 2.61. The molecule has 0 aliphatic rings. The Bertz CT molecular complexity index is 878. The molecule has 0 spiro atoms. The molecule has 2 amide bonds. The first-order valence-corrected chi connectivity index (χ1v) is 7.61. The second-order valence-electron chi connectivity index (χ2n) is 5.56. The van der Waals surface area contributed by atoms with Crippen LogP contribution < -0.4 is 11.1 Å². The Hall–Kier alpha value is -3.21. The highest BCUT2D eigenvalue weighted by Crippen LogP contribution is 2.16. The molecule has 0 saturated heterocycles. The lowest BCUT2D eigenvalue weighted by Gasteiger charge is -2.16. The molecular formula is C19H17N3O2. The summed E-state index contributed by atoms with van der Waals surface area (Å²) in [7, 11) is 0. The van der Waals surface area contributed by atoms with E-state index in [0.29, 0.717) is 12.0 Å². The quantitative estimate of drug-likeness (QED) is 0.755. The van der Waals surface area contributed by atoms with Gasteiger partial charge in [-0.05, 0) is 28.5 Å². The topological polar surface area (TPSA) is 85.1 Å². The number of benzene rings is 2. The van der Waals surface area contributed by atoms with E-state index in [2.05, 4.69) is 10.3 Å². The van der Waals surface area contributed by atoms with E-state index < -0.39 is 11.9 Å². The highest BCUT2D eigenvalue weighted by atomic mass is 16.2. The fourth-order valence-corrected chi connectivity index (χ4v) is 2.56. The molecule has 0 bridgehead atoms. The third-order valence-corrected chi connectivity index (χ3v) is 3.83. The highest BCUT2D eigenvalue weighted by Gasteiger charge is 2.19. The number of nitrogens with one attached hydrogen (secondary N) is 1. The number of carbonyl (C=O) groups excluding carboxylic acids is 2. The summed E-state index contributed by atoms with van der Waals surface area (Å²) in [6, 6.07) is 16.4. The Kier molecular flexibility index (Phi) is 4.52. The first-order valence-electron chi connectivity index (χ1n) is 7.61. The second-order valence-corrected chi connectivity index (χ2v) is 5.56. The first kappa shape index (κ1) is 15.7. The number of rotatable bonds is 5. The van der Waals surface area contributed by atoms with E-state index >= 15 is 0 Å². The number of primary amides is 1. The molecule has 2 aromatic carbocycles. The third-order valence-electron chi connectivity index (χ3n) is 3.83. The average molecular weight is 319 g/mol. The van der Waals surface area contributed by atoms with Gasteiger partial charge in [0, 0.05) is 18.8 Å². The van der Waals surface area contributed by atoms with Crippen molar-refractivity contribution in [2.45, 2.75) is 12.5 Å². The number of pyridine rings is 1. The van der Waals surface area contributed by atoms with Crippen molar-refractivity contribution < 1.29 is 9.59 Å². The molecule has 0 aliphatic carbocycles. The van der Waals surface area contributed by atoms with Crippen LogP contribution in [0.3, 0.4) is 0 Å². The van der Waals surface area contributed by atoms with E-state index in [1.807, 2.05) is 42.5 Å². The molecule has 0 aliphatic heterocycles. The van der Waals surface area contributed by atoms with Gasteiger partial charge in [-0.3, -0.25) is 14.6 Å². The molecule has 0 saturated carbocycles. The molecule has 0 fully saturated rings. The maximum Gasteiger partial charge on any atom is 0.253 e. The van der Waals surface area contributed by atoms with E-state index in [9.17, 15) is 9.59 Å². The van der Waals surface area contributed by atoms with Gasteiger partial charge in [-0.1, -0.05) is 42.5 Å². The number of hydrogen-bond acceptors (Lipinski definition) is 3. The van der Waals surface area contributed by atoms with Crippen LogP contribution in [0, 0.1) is 0 Å². The van der Waals surface area contributed by atoms with E-state index in [1.165, 1.54) is 6.20 Å². The van der Waals surface area contributed by atoms with E-state index in [0.717, 1.165) is 16.3 Å². The van der Waals surface area contributed by atoms with Crippen LogP contribution in [0.2, 0.25) is 0 Å². The summed E-state index contributed by atoms with van der Waals surface area (Å²) >= 11 is 0.